The third-order valence-corrected chi connectivity index (χ3v) is 5.90. The number of nitrogens with one attached hydrogen (secondary N) is 2. The second-order valence-corrected chi connectivity index (χ2v) is 10.2. The van der Waals surface area contributed by atoms with E-state index in [0.29, 0.717) is 24.9 Å². The number of methoxy groups -OCH3 is 1. The molecular formula is C28H35F2N5O3. The van der Waals surface area contributed by atoms with Gasteiger partial charge >= 0.3 is 6.03 Å². The molecule has 0 bridgehead atoms. The average molecular weight is 528 g/mol. The zero-order valence-electron chi connectivity index (χ0n) is 22.7. The number of hydrogen-bond donors (Lipinski definition) is 2. The summed E-state index contributed by atoms with van der Waals surface area (Å²) < 4.78 is 34.1. The lowest BCUT2D eigenvalue weighted by molar-refractivity contribution is -0.116. The zero-order chi connectivity index (χ0) is 28.0. The molecule has 0 radical (unpaired) electrons. The fourth-order valence-electron chi connectivity index (χ4n) is 3.86. The molecule has 8 nitrogen and oxygen atoms in total. The smallest absolute Gasteiger partial charge is 0.322 e. The van der Waals surface area contributed by atoms with E-state index in [2.05, 4.69) is 10.6 Å². The summed E-state index contributed by atoms with van der Waals surface area (Å²) in [4.78, 5) is 27.4. The zero-order valence-corrected chi connectivity index (χ0v) is 22.7. The maximum atomic E-state index is 14.1. The summed E-state index contributed by atoms with van der Waals surface area (Å²) in [5, 5.41) is 10.1. The second kappa shape index (κ2) is 12.2. The Hall–Kier alpha value is -3.79. The lowest BCUT2D eigenvalue weighted by Gasteiger charge is -2.23. The van der Waals surface area contributed by atoms with Crippen molar-refractivity contribution < 1.29 is 23.1 Å². The molecule has 0 fully saturated rings. The van der Waals surface area contributed by atoms with Gasteiger partial charge in [-0.1, -0.05) is 38.5 Å². The minimum Gasteiger partial charge on any atom is -0.385 e. The van der Waals surface area contributed by atoms with Crippen LogP contribution in [-0.2, 0) is 14.9 Å². The van der Waals surface area contributed by atoms with Crippen molar-refractivity contribution in [3.63, 3.8) is 0 Å². The molecule has 3 amide bonds. The van der Waals surface area contributed by atoms with Crippen LogP contribution >= 0.6 is 0 Å². The van der Waals surface area contributed by atoms with Crippen LogP contribution in [0.3, 0.4) is 0 Å². The van der Waals surface area contributed by atoms with Crippen molar-refractivity contribution in [1.29, 1.82) is 0 Å². The van der Waals surface area contributed by atoms with Crippen LogP contribution in [0, 0.1) is 25.5 Å². The van der Waals surface area contributed by atoms with Gasteiger partial charge in [-0.3, -0.25) is 4.79 Å². The molecule has 38 heavy (non-hydrogen) atoms. The van der Waals surface area contributed by atoms with Gasteiger partial charge in [-0.25, -0.2) is 18.3 Å². The molecule has 0 aliphatic heterocycles. The summed E-state index contributed by atoms with van der Waals surface area (Å²) in [5.74, 6) is -1.66. The highest BCUT2D eigenvalue weighted by atomic mass is 19.1. The Labute approximate surface area is 222 Å². The first-order valence-corrected chi connectivity index (χ1v) is 12.4. The predicted molar refractivity (Wildman–Crippen MR) is 144 cm³/mol. The minimum atomic E-state index is -0.910. The summed E-state index contributed by atoms with van der Waals surface area (Å²) in [5.41, 5.74) is 3.25. The van der Waals surface area contributed by atoms with Gasteiger partial charge in [-0.2, -0.15) is 5.10 Å². The fraction of sp³-hybridized carbons (Fsp3) is 0.393. The van der Waals surface area contributed by atoms with Gasteiger partial charge in [0, 0.05) is 37.8 Å². The van der Waals surface area contributed by atoms with Crippen LogP contribution in [0.2, 0.25) is 0 Å². The molecule has 3 aromatic rings. The maximum Gasteiger partial charge on any atom is 0.322 e. The number of carbonyl (C=O) groups excluding carboxylic acids is 2. The third kappa shape index (κ3) is 7.38. The number of benzene rings is 2. The summed E-state index contributed by atoms with van der Waals surface area (Å²) in [7, 11) is 1.53. The van der Waals surface area contributed by atoms with E-state index in [0.717, 1.165) is 34.6 Å². The number of anilines is 2. The molecular weight excluding hydrogens is 492 g/mol. The Morgan fingerprint density at radius 1 is 1.05 bits per heavy atom. The highest BCUT2D eigenvalue weighted by Crippen LogP contribution is 2.28. The molecule has 1 heterocycles. The first kappa shape index (κ1) is 28.8. The van der Waals surface area contributed by atoms with E-state index < -0.39 is 23.6 Å². The standard InChI is InChI=1S/C28H35F2N5O3/c1-18-8-11-23(19(2)14-18)35-25(16-24(33-35)28(3,4)5)32-26(36)17-34(12-7-13-38-6)27(37)31-22-10-9-20(29)15-21(22)30/h8-11,14-16H,7,12-13,17H2,1-6H3,(H,31,37)(H,32,36). The summed E-state index contributed by atoms with van der Waals surface area (Å²) in [6.07, 6.45) is 0.456. The van der Waals surface area contributed by atoms with Crippen molar-refractivity contribution in [1.82, 2.24) is 14.7 Å². The van der Waals surface area contributed by atoms with Crippen molar-refractivity contribution in [2.75, 3.05) is 37.4 Å². The molecule has 10 heteroatoms. The number of aryl methyl sites for hydroxylation is 2. The van der Waals surface area contributed by atoms with E-state index in [9.17, 15) is 18.4 Å². The SMILES string of the molecule is COCCCN(CC(=O)Nc1cc(C(C)(C)C)nn1-c1ccc(C)cc1C)C(=O)Nc1ccc(F)cc1F. The molecule has 0 atom stereocenters. The van der Waals surface area contributed by atoms with Crippen molar-refractivity contribution in [3.05, 3.63) is 70.9 Å². The third-order valence-electron chi connectivity index (χ3n) is 5.90. The molecule has 2 N–H and O–H groups in total. The monoisotopic (exact) mass is 527 g/mol. The maximum absolute atomic E-state index is 14.1. The normalized spacial score (nSPS) is 11.4. The highest BCUT2D eigenvalue weighted by molar-refractivity contribution is 5.96. The number of halogens is 2. The molecule has 0 aliphatic carbocycles. The topological polar surface area (TPSA) is 88.5 Å². The van der Waals surface area contributed by atoms with E-state index in [1.54, 1.807) is 4.68 Å². The molecule has 1 aromatic heterocycles. The fourth-order valence-corrected chi connectivity index (χ4v) is 3.86. The highest BCUT2D eigenvalue weighted by Gasteiger charge is 2.24. The van der Waals surface area contributed by atoms with Crippen LogP contribution in [0.5, 0.6) is 0 Å². The van der Waals surface area contributed by atoms with E-state index >= 15 is 0 Å². The first-order valence-electron chi connectivity index (χ1n) is 12.4. The van der Waals surface area contributed by atoms with Crippen molar-refractivity contribution in [3.8, 4) is 5.69 Å². The number of ether oxygens (including phenoxy) is 1. The van der Waals surface area contributed by atoms with Gasteiger partial charge in [0.1, 0.15) is 24.0 Å². The van der Waals surface area contributed by atoms with Crippen molar-refractivity contribution in [2.24, 2.45) is 0 Å². The molecule has 0 spiro atoms. The molecule has 204 valence electrons. The van der Waals surface area contributed by atoms with E-state index in [4.69, 9.17) is 9.84 Å². The van der Waals surface area contributed by atoms with E-state index in [1.807, 2.05) is 58.9 Å². The Kier molecular flexibility index (Phi) is 9.22. The largest absolute Gasteiger partial charge is 0.385 e. The summed E-state index contributed by atoms with van der Waals surface area (Å²) in [6, 6.07) is 9.94. The van der Waals surface area contributed by atoms with Crippen LogP contribution in [-0.4, -0.2) is 53.4 Å². The average Bonchev–Trinajstić information content (AvgIpc) is 3.24. The van der Waals surface area contributed by atoms with Crippen LogP contribution in [0.1, 0.15) is 44.0 Å². The Morgan fingerprint density at radius 2 is 1.79 bits per heavy atom. The predicted octanol–water partition coefficient (Wildman–Crippen LogP) is 5.57. The first-order chi connectivity index (χ1) is 17.9. The number of carbonyl (C=O) groups is 2. The Morgan fingerprint density at radius 3 is 2.42 bits per heavy atom. The second-order valence-electron chi connectivity index (χ2n) is 10.2. The number of rotatable bonds is 9. The van der Waals surface area contributed by atoms with E-state index in [1.165, 1.54) is 12.0 Å². The Bertz CT molecular complexity index is 1300. The quantitative estimate of drug-likeness (QED) is 0.356. The van der Waals surface area contributed by atoms with Gasteiger partial charge in [-0.15, -0.1) is 0 Å². The van der Waals surface area contributed by atoms with Gasteiger partial charge in [-0.05, 0) is 44.0 Å². The van der Waals surface area contributed by atoms with Gasteiger partial charge in [0.05, 0.1) is 17.1 Å². The van der Waals surface area contributed by atoms with Crippen molar-refractivity contribution in [2.45, 2.75) is 46.5 Å². The molecule has 0 aliphatic rings. The van der Waals surface area contributed by atoms with Crippen LogP contribution in [0.4, 0.5) is 25.1 Å². The molecule has 0 unspecified atom stereocenters. The van der Waals surface area contributed by atoms with Crippen LogP contribution in [0.25, 0.3) is 5.69 Å². The number of urea groups is 1. The number of amides is 3. The van der Waals surface area contributed by atoms with Gasteiger partial charge < -0.3 is 20.3 Å². The number of aromatic nitrogens is 2. The van der Waals surface area contributed by atoms with Gasteiger partial charge in [0.2, 0.25) is 5.91 Å². The molecule has 0 saturated carbocycles. The number of hydrogen-bond acceptors (Lipinski definition) is 4. The van der Waals surface area contributed by atoms with Crippen molar-refractivity contribution >= 4 is 23.4 Å². The molecule has 0 saturated heterocycles. The minimum absolute atomic E-state index is 0.180. The lowest BCUT2D eigenvalue weighted by atomic mass is 9.92. The number of nitrogens with zero attached hydrogens (tertiary/aromatic N) is 3. The van der Waals surface area contributed by atoms with E-state index in [-0.39, 0.29) is 24.2 Å². The Balaban J connectivity index is 1.84. The van der Waals surface area contributed by atoms with Crippen LogP contribution < -0.4 is 10.6 Å². The summed E-state index contributed by atoms with van der Waals surface area (Å²) in [6.45, 7) is 10.3. The molecule has 3 rings (SSSR count). The van der Waals surface area contributed by atoms with Crippen LogP contribution in [0.15, 0.2) is 42.5 Å². The summed E-state index contributed by atoms with van der Waals surface area (Å²) >= 11 is 0. The lowest BCUT2D eigenvalue weighted by Crippen LogP contribution is -2.41. The molecule has 2 aromatic carbocycles. The van der Waals surface area contributed by atoms with Gasteiger partial charge in [0.15, 0.2) is 0 Å². The van der Waals surface area contributed by atoms with Gasteiger partial charge in [0.25, 0.3) is 0 Å².